The van der Waals surface area contributed by atoms with Crippen LogP contribution in [0.4, 0.5) is 4.39 Å². The Morgan fingerprint density at radius 2 is 2.00 bits per heavy atom. The lowest BCUT2D eigenvalue weighted by molar-refractivity contribution is -0.136. The SMILES string of the molecule is CC(Oc1ccc(F)cc1C(=O)O)C(=O)N1CCCC1. The summed E-state index contributed by atoms with van der Waals surface area (Å²) in [5, 5.41) is 9.01. The molecule has 0 radical (unpaired) electrons. The molecule has 1 N–H and O–H groups in total. The van der Waals surface area contributed by atoms with E-state index in [0.717, 1.165) is 25.0 Å². The Labute approximate surface area is 116 Å². The average molecular weight is 281 g/mol. The maximum atomic E-state index is 13.1. The van der Waals surface area contributed by atoms with Crippen molar-refractivity contribution in [1.82, 2.24) is 4.90 Å². The first-order chi connectivity index (χ1) is 9.49. The average Bonchev–Trinajstić information content (AvgIpc) is 2.93. The van der Waals surface area contributed by atoms with Crippen molar-refractivity contribution in [3.8, 4) is 5.75 Å². The molecule has 20 heavy (non-hydrogen) atoms. The second-order valence-electron chi connectivity index (χ2n) is 4.74. The first kappa shape index (κ1) is 14.3. The zero-order valence-electron chi connectivity index (χ0n) is 11.1. The van der Waals surface area contributed by atoms with E-state index in [1.807, 2.05) is 0 Å². The number of carboxylic acid groups (broad SMARTS) is 1. The summed E-state index contributed by atoms with van der Waals surface area (Å²) in [4.78, 5) is 24.8. The van der Waals surface area contributed by atoms with Gasteiger partial charge in [0.15, 0.2) is 6.10 Å². The number of carbonyl (C=O) groups excluding carboxylic acids is 1. The van der Waals surface area contributed by atoms with Gasteiger partial charge in [-0.3, -0.25) is 4.79 Å². The summed E-state index contributed by atoms with van der Waals surface area (Å²) < 4.78 is 18.5. The Morgan fingerprint density at radius 1 is 1.35 bits per heavy atom. The standard InChI is InChI=1S/C14H16FNO4/c1-9(13(17)16-6-2-3-7-16)20-12-5-4-10(15)8-11(12)14(18)19/h4-5,8-9H,2-3,6-7H2,1H3,(H,18,19). The molecule has 1 amide bonds. The molecule has 2 rings (SSSR count). The lowest BCUT2D eigenvalue weighted by Gasteiger charge is -2.21. The van der Waals surface area contributed by atoms with Crippen LogP contribution >= 0.6 is 0 Å². The fourth-order valence-electron chi connectivity index (χ4n) is 2.21. The number of hydrogen-bond donors (Lipinski definition) is 1. The molecule has 0 spiro atoms. The van der Waals surface area contributed by atoms with Crippen LogP contribution in [-0.4, -0.2) is 41.1 Å². The molecule has 1 aliphatic rings. The summed E-state index contributed by atoms with van der Waals surface area (Å²) in [6.45, 7) is 2.96. The number of hydrogen-bond acceptors (Lipinski definition) is 3. The number of ether oxygens (including phenoxy) is 1. The Balaban J connectivity index is 2.12. The van der Waals surface area contributed by atoms with Crippen LogP contribution in [0.5, 0.6) is 5.75 Å². The normalized spacial score (nSPS) is 16.0. The highest BCUT2D eigenvalue weighted by Crippen LogP contribution is 2.22. The first-order valence-corrected chi connectivity index (χ1v) is 6.47. The molecule has 0 saturated carbocycles. The number of amides is 1. The Bertz CT molecular complexity index is 526. The van der Waals surface area contributed by atoms with Crippen LogP contribution in [0.3, 0.4) is 0 Å². The molecule has 1 aromatic carbocycles. The summed E-state index contributed by atoms with van der Waals surface area (Å²) in [6, 6.07) is 3.21. The second-order valence-corrected chi connectivity index (χ2v) is 4.74. The van der Waals surface area contributed by atoms with E-state index < -0.39 is 17.9 Å². The van der Waals surface area contributed by atoms with Gasteiger partial charge in [-0.25, -0.2) is 9.18 Å². The van der Waals surface area contributed by atoms with Gasteiger partial charge in [0.1, 0.15) is 17.1 Å². The molecule has 1 unspecified atom stereocenters. The Morgan fingerprint density at radius 3 is 2.60 bits per heavy atom. The van der Waals surface area contributed by atoms with Crippen molar-refractivity contribution >= 4 is 11.9 Å². The number of nitrogens with zero attached hydrogens (tertiary/aromatic N) is 1. The van der Waals surface area contributed by atoms with Crippen LogP contribution < -0.4 is 4.74 Å². The number of rotatable bonds is 4. The summed E-state index contributed by atoms with van der Waals surface area (Å²) in [7, 11) is 0. The van der Waals surface area contributed by atoms with Crippen LogP contribution in [0, 0.1) is 5.82 Å². The Hall–Kier alpha value is -2.11. The lowest BCUT2D eigenvalue weighted by Crippen LogP contribution is -2.38. The number of aromatic carboxylic acids is 1. The summed E-state index contributed by atoms with van der Waals surface area (Å²) >= 11 is 0. The maximum Gasteiger partial charge on any atom is 0.339 e. The highest BCUT2D eigenvalue weighted by atomic mass is 19.1. The van der Waals surface area contributed by atoms with Crippen LogP contribution in [0.25, 0.3) is 0 Å². The number of halogens is 1. The maximum absolute atomic E-state index is 13.1. The minimum absolute atomic E-state index is 0.000975. The number of carboxylic acids is 1. The van der Waals surface area contributed by atoms with Crippen LogP contribution in [0.1, 0.15) is 30.1 Å². The van der Waals surface area contributed by atoms with E-state index in [4.69, 9.17) is 9.84 Å². The minimum Gasteiger partial charge on any atom is -0.480 e. The van der Waals surface area contributed by atoms with E-state index >= 15 is 0 Å². The summed E-state index contributed by atoms with van der Waals surface area (Å²) in [5.74, 6) is -2.13. The van der Waals surface area contributed by atoms with Crippen LogP contribution in [0.15, 0.2) is 18.2 Å². The Kier molecular flexibility index (Phi) is 4.22. The molecular weight excluding hydrogens is 265 g/mol. The fraction of sp³-hybridized carbons (Fsp3) is 0.429. The van der Waals surface area contributed by atoms with Gasteiger partial charge in [-0.2, -0.15) is 0 Å². The molecule has 5 nitrogen and oxygen atoms in total. The largest absolute Gasteiger partial charge is 0.480 e. The van der Waals surface area contributed by atoms with Gasteiger partial charge in [-0.15, -0.1) is 0 Å². The quantitative estimate of drug-likeness (QED) is 0.915. The van der Waals surface area contributed by atoms with Crippen molar-refractivity contribution in [3.05, 3.63) is 29.6 Å². The first-order valence-electron chi connectivity index (χ1n) is 6.47. The van der Waals surface area contributed by atoms with Gasteiger partial charge in [0.25, 0.3) is 5.91 Å². The summed E-state index contributed by atoms with van der Waals surface area (Å²) in [5.41, 5.74) is -0.286. The van der Waals surface area contributed by atoms with Gasteiger partial charge in [-0.1, -0.05) is 0 Å². The highest BCUT2D eigenvalue weighted by molar-refractivity contribution is 5.91. The predicted octanol–water partition coefficient (Wildman–Crippen LogP) is 1.91. The number of carbonyl (C=O) groups is 2. The minimum atomic E-state index is -1.29. The number of likely N-dealkylation sites (tertiary alicyclic amines) is 1. The molecular formula is C14H16FNO4. The van der Waals surface area contributed by atoms with Crippen molar-refractivity contribution in [2.45, 2.75) is 25.9 Å². The predicted molar refractivity (Wildman–Crippen MR) is 69.3 cm³/mol. The molecule has 108 valence electrons. The van der Waals surface area contributed by atoms with Gasteiger partial charge in [0, 0.05) is 13.1 Å². The third-order valence-electron chi connectivity index (χ3n) is 3.24. The summed E-state index contributed by atoms with van der Waals surface area (Å²) in [6.07, 6.45) is 1.14. The van der Waals surface area contributed by atoms with Crippen LogP contribution in [0.2, 0.25) is 0 Å². The van der Waals surface area contributed by atoms with Gasteiger partial charge < -0.3 is 14.7 Å². The van der Waals surface area contributed by atoms with Gasteiger partial charge in [0.2, 0.25) is 0 Å². The van der Waals surface area contributed by atoms with Gasteiger partial charge in [0.05, 0.1) is 0 Å². The zero-order valence-corrected chi connectivity index (χ0v) is 11.1. The monoisotopic (exact) mass is 281 g/mol. The molecule has 1 saturated heterocycles. The van der Waals surface area contributed by atoms with Gasteiger partial charge >= 0.3 is 5.97 Å². The van der Waals surface area contributed by atoms with E-state index in [-0.39, 0.29) is 17.2 Å². The molecule has 0 aliphatic carbocycles. The highest BCUT2D eigenvalue weighted by Gasteiger charge is 2.25. The number of benzene rings is 1. The molecule has 0 bridgehead atoms. The van der Waals surface area contributed by atoms with Crippen molar-refractivity contribution in [2.75, 3.05) is 13.1 Å². The molecule has 1 fully saturated rings. The van der Waals surface area contributed by atoms with E-state index in [1.54, 1.807) is 11.8 Å². The van der Waals surface area contributed by atoms with E-state index in [9.17, 15) is 14.0 Å². The molecule has 1 heterocycles. The topological polar surface area (TPSA) is 66.8 Å². The van der Waals surface area contributed by atoms with Crippen LogP contribution in [-0.2, 0) is 4.79 Å². The van der Waals surface area contributed by atoms with E-state index in [2.05, 4.69) is 0 Å². The third-order valence-corrected chi connectivity index (χ3v) is 3.24. The second kappa shape index (κ2) is 5.90. The van der Waals surface area contributed by atoms with Gasteiger partial charge in [-0.05, 0) is 38.0 Å². The zero-order chi connectivity index (χ0) is 14.7. The molecule has 1 atom stereocenters. The van der Waals surface area contributed by atoms with Crippen molar-refractivity contribution in [1.29, 1.82) is 0 Å². The van der Waals surface area contributed by atoms with E-state index in [1.165, 1.54) is 6.07 Å². The van der Waals surface area contributed by atoms with Crippen molar-refractivity contribution in [3.63, 3.8) is 0 Å². The molecule has 0 aromatic heterocycles. The smallest absolute Gasteiger partial charge is 0.339 e. The van der Waals surface area contributed by atoms with Crippen molar-refractivity contribution < 1.29 is 23.8 Å². The van der Waals surface area contributed by atoms with Crippen molar-refractivity contribution in [2.24, 2.45) is 0 Å². The van der Waals surface area contributed by atoms with E-state index in [0.29, 0.717) is 13.1 Å². The molecule has 6 heteroatoms. The lowest BCUT2D eigenvalue weighted by atomic mass is 10.2. The fourth-order valence-corrected chi connectivity index (χ4v) is 2.21. The molecule has 1 aromatic rings. The molecule has 1 aliphatic heterocycles. The third kappa shape index (κ3) is 3.07.